The lowest BCUT2D eigenvalue weighted by molar-refractivity contribution is 0.406. The Bertz CT molecular complexity index is 269. The Morgan fingerprint density at radius 2 is 2.00 bits per heavy atom. The van der Waals surface area contributed by atoms with Crippen LogP contribution in [0.2, 0.25) is 0 Å². The van der Waals surface area contributed by atoms with E-state index in [1.54, 1.807) is 0 Å². The maximum Gasteiger partial charge on any atom is 0.0315 e. The van der Waals surface area contributed by atoms with Crippen molar-refractivity contribution >= 4 is 0 Å². The van der Waals surface area contributed by atoms with Gasteiger partial charge in [-0.3, -0.25) is 4.98 Å². The third-order valence-corrected chi connectivity index (χ3v) is 2.54. The van der Waals surface area contributed by atoms with Crippen molar-refractivity contribution in [3.8, 4) is 0 Å². The first kappa shape index (κ1) is 12.2. The highest BCUT2D eigenvalue weighted by molar-refractivity contribution is 5.12. The lowest BCUT2D eigenvalue weighted by Crippen LogP contribution is -2.30. The van der Waals surface area contributed by atoms with E-state index in [1.807, 2.05) is 18.5 Å². The van der Waals surface area contributed by atoms with E-state index in [4.69, 9.17) is 0 Å². The standard InChI is InChI=1S/C13H22N2/c1-10(2)8-11(3)15-12(4)13-6-5-7-14-9-13/h5-7,9-12,15H,8H2,1-4H3/t11-,12+/m1/s1. The van der Waals surface area contributed by atoms with Crippen molar-refractivity contribution in [1.29, 1.82) is 0 Å². The summed E-state index contributed by atoms with van der Waals surface area (Å²) in [6.45, 7) is 8.94. The van der Waals surface area contributed by atoms with Crippen LogP contribution >= 0.6 is 0 Å². The minimum Gasteiger partial charge on any atom is -0.308 e. The van der Waals surface area contributed by atoms with Gasteiger partial charge in [-0.15, -0.1) is 0 Å². The number of aromatic nitrogens is 1. The van der Waals surface area contributed by atoms with Crippen LogP contribution in [-0.4, -0.2) is 11.0 Å². The van der Waals surface area contributed by atoms with Crippen molar-refractivity contribution in [3.63, 3.8) is 0 Å². The number of hydrogen-bond donors (Lipinski definition) is 1. The molecule has 0 aromatic carbocycles. The van der Waals surface area contributed by atoms with Gasteiger partial charge in [-0.2, -0.15) is 0 Å². The Labute approximate surface area is 93.1 Å². The molecule has 0 aliphatic rings. The summed E-state index contributed by atoms with van der Waals surface area (Å²) in [4.78, 5) is 4.13. The van der Waals surface area contributed by atoms with E-state index < -0.39 is 0 Å². The molecule has 0 aliphatic carbocycles. The smallest absolute Gasteiger partial charge is 0.0315 e. The van der Waals surface area contributed by atoms with Crippen molar-refractivity contribution in [1.82, 2.24) is 10.3 Å². The zero-order chi connectivity index (χ0) is 11.3. The molecule has 0 spiro atoms. The normalized spacial score (nSPS) is 15.3. The molecule has 84 valence electrons. The van der Waals surface area contributed by atoms with Crippen LogP contribution in [0.25, 0.3) is 0 Å². The lowest BCUT2D eigenvalue weighted by atomic mass is 10.0. The van der Waals surface area contributed by atoms with Crippen LogP contribution in [0.15, 0.2) is 24.5 Å². The van der Waals surface area contributed by atoms with Gasteiger partial charge in [0.15, 0.2) is 0 Å². The molecular formula is C13H22N2. The molecule has 1 N–H and O–H groups in total. The predicted molar refractivity (Wildman–Crippen MR) is 64.7 cm³/mol. The van der Waals surface area contributed by atoms with Crippen molar-refractivity contribution in [2.45, 2.75) is 46.2 Å². The summed E-state index contributed by atoms with van der Waals surface area (Å²) in [6, 6.07) is 5.04. The minimum atomic E-state index is 0.382. The summed E-state index contributed by atoms with van der Waals surface area (Å²) < 4.78 is 0. The maximum atomic E-state index is 4.13. The number of nitrogens with one attached hydrogen (secondary N) is 1. The molecule has 0 fully saturated rings. The second-order valence-electron chi connectivity index (χ2n) is 4.71. The topological polar surface area (TPSA) is 24.9 Å². The van der Waals surface area contributed by atoms with Crippen molar-refractivity contribution in [2.24, 2.45) is 5.92 Å². The Hall–Kier alpha value is -0.890. The zero-order valence-electron chi connectivity index (χ0n) is 10.2. The SMILES string of the molecule is CC(C)C[C@@H](C)N[C@@H](C)c1cccnc1. The molecular weight excluding hydrogens is 184 g/mol. The second-order valence-corrected chi connectivity index (χ2v) is 4.71. The van der Waals surface area contributed by atoms with Crippen LogP contribution in [0.4, 0.5) is 0 Å². The summed E-state index contributed by atoms with van der Waals surface area (Å²) >= 11 is 0. The van der Waals surface area contributed by atoms with Gasteiger partial charge in [-0.05, 0) is 37.8 Å². The van der Waals surface area contributed by atoms with Crippen molar-refractivity contribution in [2.75, 3.05) is 0 Å². The number of pyridine rings is 1. The molecule has 1 aromatic heterocycles. The Morgan fingerprint density at radius 1 is 1.27 bits per heavy atom. The molecule has 1 rings (SSSR count). The average molecular weight is 206 g/mol. The third kappa shape index (κ3) is 4.43. The summed E-state index contributed by atoms with van der Waals surface area (Å²) in [5.74, 6) is 0.744. The number of hydrogen-bond acceptors (Lipinski definition) is 2. The van der Waals surface area contributed by atoms with Gasteiger partial charge >= 0.3 is 0 Å². The van der Waals surface area contributed by atoms with Gasteiger partial charge in [0.1, 0.15) is 0 Å². The molecule has 1 aromatic rings. The van der Waals surface area contributed by atoms with E-state index in [0.29, 0.717) is 12.1 Å². The molecule has 0 radical (unpaired) electrons. The van der Waals surface area contributed by atoms with E-state index in [2.05, 4.69) is 44.1 Å². The van der Waals surface area contributed by atoms with Gasteiger partial charge < -0.3 is 5.32 Å². The average Bonchev–Trinajstić information content (AvgIpc) is 2.17. The summed E-state index contributed by atoms with van der Waals surface area (Å²) in [6.07, 6.45) is 4.96. The first-order valence-corrected chi connectivity index (χ1v) is 5.75. The summed E-state index contributed by atoms with van der Waals surface area (Å²) in [5.41, 5.74) is 1.26. The van der Waals surface area contributed by atoms with Gasteiger partial charge in [-0.25, -0.2) is 0 Å². The van der Waals surface area contributed by atoms with Crippen LogP contribution < -0.4 is 5.32 Å². The Kier molecular flexibility index (Phi) is 4.76. The molecule has 0 saturated carbocycles. The van der Waals surface area contributed by atoms with E-state index in [1.165, 1.54) is 12.0 Å². The molecule has 1 heterocycles. The minimum absolute atomic E-state index is 0.382. The maximum absolute atomic E-state index is 4.13. The summed E-state index contributed by atoms with van der Waals surface area (Å²) in [5, 5.41) is 3.59. The predicted octanol–water partition coefficient (Wildman–Crippen LogP) is 3.17. The van der Waals surface area contributed by atoms with Gasteiger partial charge in [-0.1, -0.05) is 19.9 Å². The molecule has 0 bridgehead atoms. The third-order valence-electron chi connectivity index (χ3n) is 2.54. The molecule has 0 amide bonds. The Morgan fingerprint density at radius 3 is 2.53 bits per heavy atom. The zero-order valence-corrected chi connectivity index (χ0v) is 10.2. The lowest BCUT2D eigenvalue weighted by Gasteiger charge is -2.21. The molecule has 0 saturated heterocycles. The van der Waals surface area contributed by atoms with Crippen molar-refractivity contribution in [3.05, 3.63) is 30.1 Å². The van der Waals surface area contributed by atoms with Crippen LogP contribution in [0.1, 0.15) is 45.7 Å². The fourth-order valence-electron chi connectivity index (χ4n) is 1.93. The van der Waals surface area contributed by atoms with Gasteiger partial charge in [0.2, 0.25) is 0 Å². The highest BCUT2D eigenvalue weighted by Gasteiger charge is 2.10. The van der Waals surface area contributed by atoms with E-state index in [-0.39, 0.29) is 0 Å². The second kappa shape index (κ2) is 5.86. The van der Waals surface area contributed by atoms with E-state index in [0.717, 1.165) is 5.92 Å². The largest absolute Gasteiger partial charge is 0.308 e. The summed E-state index contributed by atoms with van der Waals surface area (Å²) in [7, 11) is 0. The number of rotatable bonds is 5. The molecule has 2 atom stereocenters. The first-order chi connectivity index (χ1) is 7.09. The highest BCUT2D eigenvalue weighted by atomic mass is 14.9. The fraction of sp³-hybridized carbons (Fsp3) is 0.615. The van der Waals surface area contributed by atoms with Gasteiger partial charge in [0.25, 0.3) is 0 Å². The first-order valence-electron chi connectivity index (χ1n) is 5.75. The highest BCUT2D eigenvalue weighted by Crippen LogP contribution is 2.13. The van der Waals surface area contributed by atoms with Gasteiger partial charge in [0.05, 0.1) is 0 Å². The molecule has 0 aliphatic heterocycles. The van der Waals surface area contributed by atoms with E-state index in [9.17, 15) is 0 Å². The van der Waals surface area contributed by atoms with Crippen LogP contribution in [-0.2, 0) is 0 Å². The van der Waals surface area contributed by atoms with Gasteiger partial charge in [0, 0.05) is 24.5 Å². The van der Waals surface area contributed by atoms with Crippen LogP contribution in [0.5, 0.6) is 0 Å². The van der Waals surface area contributed by atoms with Crippen LogP contribution in [0.3, 0.4) is 0 Å². The van der Waals surface area contributed by atoms with Crippen LogP contribution in [0, 0.1) is 5.92 Å². The monoisotopic (exact) mass is 206 g/mol. The van der Waals surface area contributed by atoms with Crippen molar-refractivity contribution < 1.29 is 0 Å². The Balaban J connectivity index is 2.45. The molecule has 0 unspecified atom stereocenters. The fourth-order valence-corrected chi connectivity index (χ4v) is 1.93. The van der Waals surface area contributed by atoms with E-state index >= 15 is 0 Å². The quantitative estimate of drug-likeness (QED) is 0.800. The number of nitrogens with zero attached hydrogens (tertiary/aromatic N) is 1. The molecule has 2 heteroatoms. The molecule has 15 heavy (non-hydrogen) atoms. The molecule has 2 nitrogen and oxygen atoms in total.